The number of amides is 1. The maximum absolute atomic E-state index is 13.5. The number of nitro groups is 1. The van der Waals surface area contributed by atoms with Crippen LogP contribution in [0.2, 0.25) is 0 Å². The van der Waals surface area contributed by atoms with Gasteiger partial charge in [0.1, 0.15) is 25.1 Å². The van der Waals surface area contributed by atoms with Crippen molar-refractivity contribution in [1.29, 1.82) is 0 Å². The minimum atomic E-state index is -1.55. The molecule has 30 heavy (non-hydrogen) atoms. The third kappa shape index (κ3) is 3.57. The van der Waals surface area contributed by atoms with Crippen LogP contribution in [0, 0.1) is 15.9 Å². The second-order valence-electron chi connectivity index (χ2n) is 7.91. The van der Waals surface area contributed by atoms with Crippen LogP contribution < -0.4 is 0 Å². The molecule has 1 amide bonds. The summed E-state index contributed by atoms with van der Waals surface area (Å²) in [6.07, 6.45) is 0.104. The van der Waals surface area contributed by atoms with E-state index in [4.69, 9.17) is 4.74 Å². The molecule has 2 aromatic carbocycles. The smallest absolute Gasteiger partial charge is 0.267 e. The van der Waals surface area contributed by atoms with E-state index in [1.54, 1.807) is 17.0 Å². The first-order valence-electron chi connectivity index (χ1n) is 9.96. The fourth-order valence-electron chi connectivity index (χ4n) is 4.33. The second kappa shape index (κ2) is 8.12. The zero-order valence-corrected chi connectivity index (χ0v) is 16.4. The first kappa shape index (κ1) is 20.4. The number of carbonyl (C=O) groups excluding carboxylic acids is 1. The number of benzene rings is 2. The number of hydrogen-bond acceptors (Lipinski definition) is 5. The molecule has 0 aromatic heterocycles. The van der Waals surface area contributed by atoms with Gasteiger partial charge in [-0.3, -0.25) is 14.9 Å². The third-order valence-electron chi connectivity index (χ3n) is 6.13. The molecule has 7 nitrogen and oxygen atoms in total. The highest BCUT2D eigenvalue weighted by Crippen LogP contribution is 2.37. The predicted octanol–water partition coefficient (Wildman–Crippen LogP) is 2.49. The molecule has 1 saturated heterocycles. The van der Waals surface area contributed by atoms with E-state index in [0.29, 0.717) is 13.0 Å². The molecular weight excluding hydrogens is 391 g/mol. The Hall–Kier alpha value is -2.84. The zero-order chi connectivity index (χ0) is 21.3. The average Bonchev–Trinajstić information content (AvgIpc) is 2.78. The lowest BCUT2D eigenvalue weighted by Gasteiger charge is -2.41. The van der Waals surface area contributed by atoms with Gasteiger partial charge in [-0.15, -0.1) is 0 Å². The summed E-state index contributed by atoms with van der Waals surface area (Å²) >= 11 is 0. The van der Waals surface area contributed by atoms with Gasteiger partial charge in [-0.1, -0.05) is 36.4 Å². The molecule has 0 spiro atoms. The van der Waals surface area contributed by atoms with Gasteiger partial charge < -0.3 is 14.7 Å². The summed E-state index contributed by atoms with van der Waals surface area (Å²) in [5, 5.41) is 20.8. The third-order valence-corrected chi connectivity index (χ3v) is 6.13. The van der Waals surface area contributed by atoms with Crippen molar-refractivity contribution >= 4 is 5.91 Å². The Bertz CT molecular complexity index is 941. The van der Waals surface area contributed by atoms with Crippen molar-refractivity contribution in [1.82, 2.24) is 4.90 Å². The number of carbonyl (C=O) groups is 1. The number of aliphatic hydroxyl groups excluding tert-OH is 1. The van der Waals surface area contributed by atoms with E-state index in [1.807, 2.05) is 24.3 Å². The average molecular weight is 414 g/mol. The van der Waals surface area contributed by atoms with Crippen LogP contribution in [0.5, 0.6) is 0 Å². The van der Waals surface area contributed by atoms with E-state index in [2.05, 4.69) is 0 Å². The van der Waals surface area contributed by atoms with Gasteiger partial charge in [0.2, 0.25) is 0 Å². The van der Waals surface area contributed by atoms with E-state index in [1.165, 1.54) is 12.1 Å². The van der Waals surface area contributed by atoms with Crippen molar-refractivity contribution < 1.29 is 24.0 Å². The number of hydrogen-bond donors (Lipinski definition) is 1. The Labute approximate surface area is 173 Å². The van der Waals surface area contributed by atoms with Crippen LogP contribution in [0.4, 0.5) is 4.39 Å². The highest BCUT2D eigenvalue weighted by molar-refractivity contribution is 5.82. The Balaban J connectivity index is 1.62. The van der Waals surface area contributed by atoms with Crippen molar-refractivity contribution in [3.63, 3.8) is 0 Å². The Morgan fingerprint density at radius 3 is 2.63 bits per heavy atom. The molecule has 0 saturated carbocycles. The van der Waals surface area contributed by atoms with Crippen molar-refractivity contribution in [3.05, 3.63) is 81.2 Å². The van der Waals surface area contributed by atoms with Crippen LogP contribution in [0.3, 0.4) is 0 Å². The van der Waals surface area contributed by atoms with E-state index in [9.17, 15) is 24.4 Å². The van der Waals surface area contributed by atoms with Crippen molar-refractivity contribution in [2.75, 3.05) is 19.8 Å². The Morgan fingerprint density at radius 2 is 2.00 bits per heavy atom. The number of nitrogens with zero attached hydrogens (tertiary/aromatic N) is 2. The summed E-state index contributed by atoms with van der Waals surface area (Å²) in [6, 6.07) is 13.6. The van der Waals surface area contributed by atoms with E-state index >= 15 is 0 Å². The van der Waals surface area contributed by atoms with Gasteiger partial charge in [0.05, 0.1) is 6.04 Å². The van der Waals surface area contributed by atoms with Gasteiger partial charge in [0, 0.05) is 17.9 Å². The number of rotatable bonds is 4. The lowest BCUT2D eigenvalue weighted by atomic mass is 9.86. The minimum Gasteiger partial charge on any atom is -0.389 e. The van der Waals surface area contributed by atoms with Crippen LogP contribution in [0.1, 0.15) is 35.6 Å². The molecule has 2 aliphatic rings. The molecule has 0 bridgehead atoms. The summed E-state index contributed by atoms with van der Waals surface area (Å²) in [5.74, 6) is -0.592. The molecule has 4 rings (SSSR count). The summed E-state index contributed by atoms with van der Waals surface area (Å²) in [4.78, 5) is 25.9. The molecule has 1 fully saturated rings. The molecule has 3 atom stereocenters. The summed E-state index contributed by atoms with van der Waals surface area (Å²) in [7, 11) is 0. The van der Waals surface area contributed by atoms with Crippen LogP contribution in [-0.2, 0) is 16.0 Å². The molecule has 2 heterocycles. The maximum Gasteiger partial charge on any atom is 0.267 e. The van der Waals surface area contributed by atoms with Gasteiger partial charge in [0.15, 0.2) is 0 Å². The van der Waals surface area contributed by atoms with Crippen LogP contribution >= 0.6 is 0 Å². The molecular formula is C22H23FN2O5. The lowest BCUT2D eigenvalue weighted by molar-refractivity contribution is -0.583. The Morgan fingerprint density at radius 1 is 1.27 bits per heavy atom. The molecule has 1 N–H and O–H groups in total. The molecule has 0 aliphatic carbocycles. The highest BCUT2D eigenvalue weighted by atomic mass is 19.1. The van der Waals surface area contributed by atoms with Crippen LogP contribution in [0.25, 0.3) is 0 Å². The van der Waals surface area contributed by atoms with Crippen molar-refractivity contribution in [2.24, 2.45) is 0 Å². The predicted molar refractivity (Wildman–Crippen MR) is 106 cm³/mol. The summed E-state index contributed by atoms with van der Waals surface area (Å²) < 4.78 is 19.1. The highest BCUT2D eigenvalue weighted by Gasteiger charge is 2.49. The molecule has 8 heteroatoms. The van der Waals surface area contributed by atoms with Gasteiger partial charge in [-0.05, 0) is 41.7 Å². The van der Waals surface area contributed by atoms with E-state index in [0.717, 1.165) is 16.7 Å². The Kier molecular flexibility index (Phi) is 5.53. The lowest BCUT2D eigenvalue weighted by Crippen LogP contribution is -2.55. The summed E-state index contributed by atoms with van der Waals surface area (Å²) in [6.45, 7) is -0.465. The number of fused-ring (bicyclic) bond motifs is 1. The second-order valence-corrected chi connectivity index (χ2v) is 7.91. The fraction of sp³-hybridized carbons (Fsp3) is 0.409. The van der Waals surface area contributed by atoms with Gasteiger partial charge in [-0.2, -0.15) is 0 Å². The summed E-state index contributed by atoms with van der Waals surface area (Å²) in [5.41, 5.74) is 1.35. The molecule has 2 aromatic rings. The normalized spacial score (nSPS) is 26.1. The molecule has 0 radical (unpaired) electrons. The van der Waals surface area contributed by atoms with Gasteiger partial charge in [-0.25, -0.2) is 4.39 Å². The largest absolute Gasteiger partial charge is 0.389 e. The maximum atomic E-state index is 13.5. The van der Waals surface area contributed by atoms with E-state index < -0.39 is 23.2 Å². The van der Waals surface area contributed by atoms with Crippen molar-refractivity contribution in [2.45, 2.75) is 36.9 Å². The zero-order valence-electron chi connectivity index (χ0n) is 16.4. The quantitative estimate of drug-likeness (QED) is 0.613. The number of ether oxygens (including phenoxy) is 1. The first-order valence-corrected chi connectivity index (χ1v) is 9.96. The van der Waals surface area contributed by atoms with Gasteiger partial charge in [0.25, 0.3) is 11.4 Å². The van der Waals surface area contributed by atoms with E-state index in [-0.39, 0.29) is 37.2 Å². The monoisotopic (exact) mass is 414 g/mol. The van der Waals surface area contributed by atoms with Crippen LogP contribution in [0.15, 0.2) is 48.5 Å². The first-order chi connectivity index (χ1) is 14.4. The minimum absolute atomic E-state index is 0.0680. The molecule has 0 unspecified atom stereocenters. The topological polar surface area (TPSA) is 92.9 Å². The van der Waals surface area contributed by atoms with Gasteiger partial charge >= 0.3 is 0 Å². The standard InChI is InChI=1S/C22H23FN2O5/c23-17-7-5-16(6-8-17)20-18-4-2-1-3-15(18)10-12-24(20)21(27)19-9-11-22(13-26,14-30-19)25(28)29/h1-8,19-20,26H,9-14H2/t19-,20-,22-/m0/s1. The van der Waals surface area contributed by atoms with Crippen molar-refractivity contribution in [3.8, 4) is 0 Å². The number of halogens is 1. The molecule has 2 aliphatic heterocycles. The fourth-order valence-corrected chi connectivity index (χ4v) is 4.33. The molecule has 158 valence electrons. The SMILES string of the molecule is O=C([C@@H]1CC[C@@](CO)([N+](=O)[O-])CO1)N1CCc2ccccc2[C@@H]1c1ccc(F)cc1. The number of aliphatic hydroxyl groups is 1. The van der Waals surface area contributed by atoms with Crippen LogP contribution in [-0.4, -0.2) is 52.2 Å².